The summed E-state index contributed by atoms with van der Waals surface area (Å²) in [6.07, 6.45) is 1.65. The van der Waals surface area contributed by atoms with Crippen LogP contribution in [0, 0.1) is 6.92 Å². The number of amides is 2. The van der Waals surface area contributed by atoms with Crippen LogP contribution in [0.3, 0.4) is 0 Å². The molecule has 0 aliphatic rings. The van der Waals surface area contributed by atoms with Gasteiger partial charge in [0, 0.05) is 17.8 Å². The number of nitrogens with one attached hydrogen (secondary N) is 3. The summed E-state index contributed by atoms with van der Waals surface area (Å²) in [5, 5.41) is 17.7. The van der Waals surface area contributed by atoms with Gasteiger partial charge in [0.05, 0.1) is 24.0 Å². The largest absolute Gasteiger partial charge is 0.480 e. The molecule has 230 valence electrons. The van der Waals surface area contributed by atoms with E-state index >= 15 is 0 Å². The van der Waals surface area contributed by atoms with Gasteiger partial charge >= 0.3 is 5.97 Å². The maximum atomic E-state index is 12.7. The lowest BCUT2D eigenvalue weighted by Crippen LogP contribution is -2.41. The molecule has 44 heavy (non-hydrogen) atoms. The highest BCUT2D eigenvalue weighted by atomic mass is 32.2. The number of rotatable bonds is 12. The molecule has 0 spiro atoms. The van der Waals surface area contributed by atoms with Crippen LogP contribution in [0.1, 0.15) is 44.8 Å². The Morgan fingerprint density at radius 2 is 1.73 bits per heavy atom. The van der Waals surface area contributed by atoms with Gasteiger partial charge in [-0.3, -0.25) is 14.1 Å². The fraction of sp³-hybridized carbons (Fsp3) is 0.222. The molecule has 0 radical (unpaired) electrons. The Hall–Kier alpha value is -5.42. The smallest absolute Gasteiger partial charge is 0.326 e. The van der Waals surface area contributed by atoms with Gasteiger partial charge in [-0.2, -0.15) is 18.4 Å². The highest BCUT2D eigenvalue weighted by molar-refractivity contribution is 7.86. The maximum absolute atomic E-state index is 12.7. The van der Waals surface area contributed by atoms with Crippen LogP contribution in [0.15, 0.2) is 53.6 Å². The number of fused-ring (bicyclic) bond motifs is 1. The zero-order chi connectivity index (χ0) is 32.0. The Labute approximate surface area is 251 Å². The average Bonchev–Trinajstić information content (AvgIpc) is 2.97. The Balaban J connectivity index is 1.28. The van der Waals surface area contributed by atoms with Gasteiger partial charge in [0.2, 0.25) is 5.95 Å². The normalized spacial score (nSPS) is 12.0. The lowest BCUT2D eigenvalue weighted by molar-refractivity contribution is -0.139. The molecule has 0 saturated carbocycles. The van der Waals surface area contributed by atoms with Crippen LogP contribution >= 0.6 is 0 Å². The molecule has 2 aromatic carbocycles. The van der Waals surface area contributed by atoms with Gasteiger partial charge in [0.25, 0.3) is 21.9 Å². The predicted octanol–water partition coefficient (Wildman–Crippen LogP) is 1.14. The molecule has 0 aliphatic heterocycles. The first kappa shape index (κ1) is 31.5. The number of nitrogens with two attached hydrogens (primary N) is 2. The molecule has 2 amide bonds. The van der Waals surface area contributed by atoms with E-state index in [9.17, 15) is 32.5 Å². The lowest BCUT2D eigenvalue weighted by Gasteiger charge is -2.15. The molecule has 4 rings (SSSR count). The van der Waals surface area contributed by atoms with Gasteiger partial charge in [-0.1, -0.05) is 6.07 Å². The van der Waals surface area contributed by atoms with E-state index < -0.39 is 38.8 Å². The Bertz CT molecular complexity index is 1830. The summed E-state index contributed by atoms with van der Waals surface area (Å²) in [6, 6.07) is 9.03. The van der Waals surface area contributed by atoms with E-state index in [-0.39, 0.29) is 54.5 Å². The summed E-state index contributed by atoms with van der Waals surface area (Å²) >= 11 is 0. The number of carboxylic acids is 1. The number of hydrogen-bond donors (Lipinski definition) is 7. The monoisotopic (exact) mass is 623 g/mol. The number of carbonyl (C=O) groups is 3. The van der Waals surface area contributed by atoms with Gasteiger partial charge in [-0.15, -0.1) is 0 Å². The standard InChI is InChI=1S/C27H29N9O7S/c1-14-4-9-18(20(11-14)44(41,42)43)25(38)30-10-2-3-19(26(39)40)34-24(37)15-5-7-16(8-6-15)31-12-17-13-32-23-21(33-17)22(28)35-27(29)36-23/h4-9,11,13,19,31H,2-3,10,12H2,1H3,(H,30,38)(H,34,37)(H,39,40)(H,41,42,43)(H4,28,29,32,35,36)/t19-/m0/s1. The third-order valence-electron chi connectivity index (χ3n) is 6.34. The van der Waals surface area contributed by atoms with Crippen molar-refractivity contribution in [2.45, 2.75) is 37.2 Å². The van der Waals surface area contributed by atoms with Crippen LogP contribution in [0.2, 0.25) is 0 Å². The van der Waals surface area contributed by atoms with Crippen molar-refractivity contribution < 1.29 is 32.5 Å². The zero-order valence-electron chi connectivity index (χ0n) is 23.3. The van der Waals surface area contributed by atoms with Gasteiger partial charge in [0.15, 0.2) is 17.0 Å². The summed E-state index contributed by atoms with van der Waals surface area (Å²) in [6.45, 7) is 1.88. The van der Waals surface area contributed by atoms with Gasteiger partial charge in [-0.05, 0) is 61.7 Å². The van der Waals surface area contributed by atoms with Crippen LogP contribution in [0.25, 0.3) is 11.2 Å². The van der Waals surface area contributed by atoms with Crippen LogP contribution in [-0.4, -0.2) is 68.4 Å². The van der Waals surface area contributed by atoms with E-state index in [4.69, 9.17) is 11.5 Å². The third kappa shape index (κ3) is 7.90. The molecule has 17 heteroatoms. The molecular weight excluding hydrogens is 594 g/mol. The third-order valence-corrected chi connectivity index (χ3v) is 7.23. The van der Waals surface area contributed by atoms with Gasteiger partial charge in [0.1, 0.15) is 10.9 Å². The molecule has 0 fully saturated rings. The van der Waals surface area contributed by atoms with E-state index in [0.717, 1.165) is 0 Å². The van der Waals surface area contributed by atoms with E-state index in [0.29, 0.717) is 22.5 Å². The number of anilines is 3. The number of carboxylic acid groups (broad SMARTS) is 1. The average molecular weight is 624 g/mol. The Kier molecular flexibility index (Phi) is 9.50. The van der Waals surface area contributed by atoms with Crippen LogP contribution < -0.4 is 27.4 Å². The number of aromatic nitrogens is 4. The fourth-order valence-corrected chi connectivity index (χ4v) is 4.91. The molecule has 2 aromatic heterocycles. The molecule has 16 nitrogen and oxygen atoms in total. The van der Waals surface area contributed by atoms with Crippen molar-refractivity contribution in [3.8, 4) is 0 Å². The minimum atomic E-state index is -4.63. The molecule has 2 heterocycles. The number of carbonyl (C=O) groups excluding carboxylic acids is 2. The highest BCUT2D eigenvalue weighted by Crippen LogP contribution is 2.18. The van der Waals surface area contributed by atoms with Crippen molar-refractivity contribution in [1.29, 1.82) is 0 Å². The number of aryl methyl sites for hydroxylation is 1. The molecule has 9 N–H and O–H groups in total. The Morgan fingerprint density at radius 1 is 1.00 bits per heavy atom. The van der Waals surface area contributed by atoms with Crippen molar-refractivity contribution in [2.75, 3.05) is 23.3 Å². The summed E-state index contributed by atoms with van der Waals surface area (Å²) in [5.41, 5.74) is 13.7. The van der Waals surface area contributed by atoms with Crippen LogP contribution in [-0.2, 0) is 21.5 Å². The van der Waals surface area contributed by atoms with E-state index in [1.54, 1.807) is 19.1 Å². The molecule has 0 unspecified atom stereocenters. The van der Waals surface area contributed by atoms with Crippen LogP contribution in [0.5, 0.6) is 0 Å². The first-order valence-electron chi connectivity index (χ1n) is 13.1. The first-order chi connectivity index (χ1) is 20.8. The maximum Gasteiger partial charge on any atom is 0.326 e. The summed E-state index contributed by atoms with van der Waals surface area (Å²) in [5.74, 6) is -2.52. The fourth-order valence-electron chi connectivity index (χ4n) is 4.13. The van der Waals surface area contributed by atoms with E-state index in [1.807, 2.05) is 0 Å². The second-order valence-corrected chi connectivity index (χ2v) is 11.1. The predicted molar refractivity (Wildman–Crippen MR) is 159 cm³/mol. The zero-order valence-corrected chi connectivity index (χ0v) is 24.1. The van der Waals surface area contributed by atoms with Gasteiger partial charge in [-0.25, -0.2) is 14.8 Å². The number of benzene rings is 2. The summed E-state index contributed by atoms with van der Waals surface area (Å²) in [7, 11) is -4.63. The number of nitrogen functional groups attached to an aromatic ring is 2. The number of nitrogens with zero attached hydrogens (tertiary/aromatic N) is 4. The molecule has 1 atom stereocenters. The van der Waals surface area contributed by atoms with Crippen molar-refractivity contribution >= 4 is 56.5 Å². The quantitative estimate of drug-likeness (QED) is 0.0862. The first-order valence-corrected chi connectivity index (χ1v) is 14.5. The topological polar surface area (TPSA) is 266 Å². The van der Waals surface area contributed by atoms with Crippen molar-refractivity contribution in [3.63, 3.8) is 0 Å². The molecule has 0 aliphatic carbocycles. The van der Waals surface area contributed by atoms with Gasteiger partial charge < -0.3 is 32.5 Å². The summed E-state index contributed by atoms with van der Waals surface area (Å²) < 4.78 is 32.7. The molecule has 0 bridgehead atoms. The molecule has 4 aromatic rings. The molecular formula is C27H29N9O7S. The van der Waals surface area contributed by atoms with Crippen LogP contribution in [0.4, 0.5) is 17.5 Å². The van der Waals surface area contributed by atoms with Crippen molar-refractivity contribution in [1.82, 2.24) is 30.6 Å². The Morgan fingerprint density at radius 3 is 2.41 bits per heavy atom. The second-order valence-electron chi connectivity index (χ2n) is 9.67. The van der Waals surface area contributed by atoms with E-state index in [1.165, 1.54) is 36.5 Å². The van der Waals surface area contributed by atoms with E-state index in [2.05, 4.69) is 35.9 Å². The second kappa shape index (κ2) is 13.3. The number of aliphatic carboxylic acids is 1. The SMILES string of the molecule is Cc1ccc(C(=O)NCCC[C@H](NC(=O)c2ccc(NCc3cnc4nc(N)nc(N)c4n3)cc2)C(=O)O)c(S(=O)(=O)O)c1. The lowest BCUT2D eigenvalue weighted by atomic mass is 10.1. The van der Waals surface area contributed by atoms with Crippen molar-refractivity contribution in [3.05, 3.63) is 71.0 Å². The highest BCUT2D eigenvalue weighted by Gasteiger charge is 2.22. The van der Waals surface area contributed by atoms with Crippen molar-refractivity contribution in [2.24, 2.45) is 0 Å². The minimum Gasteiger partial charge on any atom is -0.480 e. The number of hydrogen-bond acceptors (Lipinski definition) is 12. The minimum absolute atomic E-state index is 0.00416. The molecule has 0 saturated heterocycles. The summed E-state index contributed by atoms with van der Waals surface area (Å²) in [4.78, 5) is 52.9.